The molecule has 0 bridgehead atoms. The monoisotopic (exact) mass is 346 g/mol. The molecule has 1 aliphatic heterocycles. The number of nitrogens with zero attached hydrogens (tertiary/aromatic N) is 3. The Balaban J connectivity index is 1.57. The average Bonchev–Trinajstić information content (AvgIpc) is 3.05. The molecule has 6 nitrogen and oxygen atoms in total. The molecule has 2 unspecified atom stereocenters. The van der Waals surface area contributed by atoms with Gasteiger partial charge in [0, 0.05) is 45.0 Å². The number of hydrogen-bond acceptors (Lipinski definition) is 3. The molecule has 2 aromatic rings. The van der Waals surface area contributed by atoms with Gasteiger partial charge in [-0.15, -0.1) is 0 Å². The third-order valence-electron chi connectivity index (χ3n) is 4.65. The fourth-order valence-electron chi connectivity index (χ4n) is 3.26. The third kappa shape index (κ3) is 4.17. The topological polar surface area (TPSA) is 70.4 Å². The van der Waals surface area contributed by atoms with Crippen LogP contribution >= 0.6 is 0 Å². The number of nitrogens with one attached hydrogen (secondary N) is 1. The summed E-state index contributed by atoms with van der Waals surface area (Å²) in [6, 6.07) is 5.98. The number of piperidine rings is 1. The summed E-state index contributed by atoms with van der Waals surface area (Å²) in [6.07, 6.45) is 4.44. The van der Waals surface area contributed by atoms with Gasteiger partial charge in [-0.1, -0.05) is 12.1 Å². The Hall–Kier alpha value is -2.41. The number of halogens is 1. The molecule has 2 N–H and O–H groups in total. The maximum Gasteiger partial charge on any atom is 0.317 e. The SMILES string of the molecule is Cn1ccnc1C(O)C1CCCN(C(=O)NCc2cccc(F)c2)C1. The quantitative estimate of drug-likeness (QED) is 0.892. The van der Waals surface area contributed by atoms with Gasteiger partial charge in [-0.25, -0.2) is 14.2 Å². The molecule has 0 radical (unpaired) electrons. The molecule has 1 aromatic carbocycles. The average molecular weight is 346 g/mol. The van der Waals surface area contributed by atoms with Crippen LogP contribution in [0.25, 0.3) is 0 Å². The van der Waals surface area contributed by atoms with E-state index >= 15 is 0 Å². The summed E-state index contributed by atoms with van der Waals surface area (Å²) in [7, 11) is 1.85. The summed E-state index contributed by atoms with van der Waals surface area (Å²) < 4.78 is 15.0. The number of rotatable bonds is 4. The maximum absolute atomic E-state index is 13.2. The predicted molar refractivity (Wildman–Crippen MR) is 91.1 cm³/mol. The van der Waals surface area contributed by atoms with Crippen molar-refractivity contribution in [2.24, 2.45) is 13.0 Å². The molecular weight excluding hydrogens is 323 g/mol. The standard InChI is InChI=1S/C18H23FN4O2/c1-22-9-7-20-17(22)16(24)14-5-3-8-23(12-14)18(25)21-11-13-4-2-6-15(19)10-13/h2,4,6-7,9-10,14,16,24H,3,5,8,11-12H2,1H3,(H,21,25). The summed E-state index contributed by atoms with van der Waals surface area (Å²) in [6.45, 7) is 1.40. The number of aryl methyl sites for hydroxylation is 1. The molecule has 2 heterocycles. The fraction of sp³-hybridized carbons (Fsp3) is 0.444. The van der Waals surface area contributed by atoms with Gasteiger partial charge < -0.3 is 19.9 Å². The number of urea groups is 1. The van der Waals surface area contributed by atoms with E-state index in [9.17, 15) is 14.3 Å². The molecule has 0 spiro atoms. The molecular formula is C18H23FN4O2. The van der Waals surface area contributed by atoms with Crippen molar-refractivity contribution in [3.63, 3.8) is 0 Å². The molecule has 1 fully saturated rings. The van der Waals surface area contributed by atoms with E-state index in [2.05, 4.69) is 10.3 Å². The first-order valence-electron chi connectivity index (χ1n) is 8.47. The van der Waals surface area contributed by atoms with Gasteiger partial charge in [0.05, 0.1) is 0 Å². The zero-order valence-electron chi connectivity index (χ0n) is 14.2. The van der Waals surface area contributed by atoms with E-state index in [1.165, 1.54) is 12.1 Å². The molecule has 0 aliphatic carbocycles. The lowest BCUT2D eigenvalue weighted by molar-refractivity contribution is 0.0532. The molecule has 134 valence electrons. The smallest absolute Gasteiger partial charge is 0.317 e. The number of aromatic nitrogens is 2. The Morgan fingerprint density at radius 3 is 3.08 bits per heavy atom. The van der Waals surface area contributed by atoms with Crippen molar-refractivity contribution >= 4 is 6.03 Å². The first kappa shape index (κ1) is 17.4. The normalized spacial score (nSPS) is 18.8. The molecule has 25 heavy (non-hydrogen) atoms. The van der Waals surface area contributed by atoms with Crippen molar-refractivity contribution in [3.8, 4) is 0 Å². The number of hydrogen-bond donors (Lipinski definition) is 2. The number of amides is 2. The Morgan fingerprint density at radius 1 is 1.52 bits per heavy atom. The molecule has 3 rings (SSSR count). The van der Waals surface area contributed by atoms with E-state index in [0.717, 1.165) is 18.4 Å². The lowest BCUT2D eigenvalue weighted by Crippen LogP contribution is -2.46. The van der Waals surface area contributed by atoms with Crippen LogP contribution < -0.4 is 5.32 Å². The van der Waals surface area contributed by atoms with Crippen LogP contribution in [0.5, 0.6) is 0 Å². The Bertz CT molecular complexity index is 733. The summed E-state index contributed by atoms with van der Waals surface area (Å²) in [4.78, 5) is 18.3. The van der Waals surface area contributed by atoms with Crippen molar-refractivity contribution in [1.82, 2.24) is 19.8 Å². The van der Waals surface area contributed by atoms with Gasteiger partial charge in [-0.05, 0) is 30.5 Å². The number of benzene rings is 1. The van der Waals surface area contributed by atoms with Crippen molar-refractivity contribution < 1.29 is 14.3 Å². The van der Waals surface area contributed by atoms with Crippen LogP contribution in [-0.2, 0) is 13.6 Å². The predicted octanol–water partition coefficient (Wildman–Crippen LogP) is 2.21. The highest BCUT2D eigenvalue weighted by atomic mass is 19.1. The molecule has 1 aliphatic rings. The van der Waals surface area contributed by atoms with Crippen LogP contribution in [0, 0.1) is 11.7 Å². The van der Waals surface area contributed by atoms with Crippen LogP contribution in [-0.4, -0.2) is 38.7 Å². The minimum absolute atomic E-state index is 0.0465. The van der Waals surface area contributed by atoms with Crippen molar-refractivity contribution in [3.05, 3.63) is 53.9 Å². The summed E-state index contributed by atoms with van der Waals surface area (Å²) in [5.74, 6) is 0.254. The zero-order valence-corrected chi connectivity index (χ0v) is 14.2. The van der Waals surface area contributed by atoms with Gasteiger partial charge in [-0.2, -0.15) is 0 Å². The van der Waals surface area contributed by atoms with Crippen LogP contribution in [0.4, 0.5) is 9.18 Å². The molecule has 1 saturated heterocycles. The van der Waals surface area contributed by atoms with Crippen LogP contribution in [0.3, 0.4) is 0 Å². The minimum atomic E-state index is -0.696. The van der Waals surface area contributed by atoms with Crippen molar-refractivity contribution in [1.29, 1.82) is 0 Å². The fourth-order valence-corrected chi connectivity index (χ4v) is 3.26. The second kappa shape index (κ2) is 7.65. The highest BCUT2D eigenvalue weighted by Gasteiger charge is 2.31. The molecule has 2 amide bonds. The lowest BCUT2D eigenvalue weighted by atomic mass is 9.92. The Labute approximate surface area is 146 Å². The number of imidazole rings is 1. The molecule has 7 heteroatoms. The summed E-state index contributed by atoms with van der Waals surface area (Å²) in [5.41, 5.74) is 0.718. The molecule has 0 saturated carbocycles. The number of aliphatic hydroxyl groups excluding tert-OH is 1. The van der Waals surface area contributed by atoms with E-state index in [-0.39, 0.29) is 24.3 Å². The van der Waals surface area contributed by atoms with Crippen LogP contribution in [0.2, 0.25) is 0 Å². The van der Waals surface area contributed by atoms with Gasteiger partial charge in [0.2, 0.25) is 0 Å². The largest absolute Gasteiger partial charge is 0.385 e. The zero-order chi connectivity index (χ0) is 17.8. The lowest BCUT2D eigenvalue weighted by Gasteiger charge is -2.34. The number of carbonyl (C=O) groups is 1. The highest BCUT2D eigenvalue weighted by molar-refractivity contribution is 5.74. The van der Waals surface area contributed by atoms with Crippen LogP contribution in [0.15, 0.2) is 36.7 Å². The van der Waals surface area contributed by atoms with Gasteiger partial charge in [0.25, 0.3) is 0 Å². The van der Waals surface area contributed by atoms with E-state index in [1.807, 2.05) is 7.05 Å². The number of likely N-dealkylation sites (tertiary alicyclic amines) is 1. The highest BCUT2D eigenvalue weighted by Crippen LogP contribution is 2.28. The Kier molecular flexibility index (Phi) is 5.33. The number of carbonyl (C=O) groups excluding carboxylic acids is 1. The third-order valence-corrected chi connectivity index (χ3v) is 4.65. The second-order valence-corrected chi connectivity index (χ2v) is 6.48. The van der Waals surface area contributed by atoms with Gasteiger partial charge in [-0.3, -0.25) is 0 Å². The van der Waals surface area contributed by atoms with Gasteiger partial charge in [0.1, 0.15) is 17.7 Å². The van der Waals surface area contributed by atoms with Crippen molar-refractivity contribution in [2.45, 2.75) is 25.5 Å². The molecule has 2 atom stereocenters. The minimum Gasteiger partial charge on any atom is -0.385 e. The van der Waals surface area contributed by atoms with E-state index in [1.54, 1.807) is 34.0 Å². The maximum atomic E-state index is 13.2. The Morgan fingerprint density at radius 2 is 2.36 bits per heavy atom. The first-order valence-corrected chi connectivity index (χ1v) is 8.47. The molecule has 1 aromatic heterocycles. The number of aliphatic hydroxyl groups is 1. The van der Waals surface area contributed by atoms with E-state index in [4.69, 9.17) is 0 Å². The van der Waals surface area contributed by atoms with Crippen LogP contribution in [0.1, 0.15) is 30.3 Å². The van der Waals surface area contributed by atoms with E-state index in [0.29, 0.717) is 18.9 Å². The first-order chi connectivity index (χ1) is 12.0. The second-order valence-electron chi connectivity index (χ2n) is 6.48. The summed E-state index contributed by atoms with van der Waals surface area (Å²) >= 11 is 0. The van der Waals surface area contributed by atoms with Crippen molar-refractivity contribution in [2.75, 3.05) is 13.1 Å². The van der Waals surface area contributed by atoms with E-state index < -0.39 is 6.10 Å². The van der Waals surface area contributed by atoms with Gasteiger partial charge >= 0.3 is 6.03 Å². The summed E-state index contributed by atoms with van der Waals surface area (Å²) in [5, 5.41) is 13.4. The van der Waals surface area contributed by atoms with Gasteiger partial charge in [0.15, 0.2) is 0 Å².